The molecule has 0 saturated heterocycles. The second kappa shape index (κ2) is 10.8. The molecule has 2 aromatic rings. The van der Waals surface area contributed by atoms with E-state index in [2.05, 4.69) is 52.0 Å². The monoisotopic (exact) mass is 374 g/mol. The van der Waals surface area contributed by atoms with E-state index >= 15 is 0 Å². The Bertz CT molecular complexity index is 712. The summed E-state index contributed by atoms with van der Waals surface area (Å²) >= 11 is 1.75. The van der Waals surface area contributed by atoms with Gasteiger partial charge in [0.2, 0.25) is 0 Å². The van der Waals surface area contributed by atoms with Crippen molar-refractivity contribution in [3.05, 3.63) is 45.4 Å². The fraction of sp³-hybridized carbons (Fsp3) is 0.500. The Kier molecular flexibility index (Phi) is 8.41. The van der Waals surface area contributed by atoms with Crippen molar-refractivity contribution in [3.63, 3.8) is 0 Å². The van der Waals surface area contributed by atoms with Gasteiger partial charge in [0, 0.05) is 29.7 Å². The van der Waals surface area contributed by atoms with E-state index in [0.29, 0.717) is 6.54 Å². The molecule has 1 heterocycles. The van der Waals surface area contributed by atoms with Gasteiger partial charge in [0.05, 0.1) is 18.7 Å². The Morgan fingerprint density at radius 3 is 2.77 bits per heavy atom. The van der Waals surface area contributed by atoms with E-state index in [9.17, 15) is 0 Å². The highest BCUT2D eigenvalue weighted by molar-refractivity contribution is 7.09. The van der Waals surface area contributed by atoms with Crippen molar-refractivity contribution in [2.24, 2.45) is 4.99 Å². The number of methoxy groups -OCH3 is 1. The number of benzene rings is 1. The van der Waals surface area contributed by atoms with Crippen LogP contribution in [0.2, 0.25) is 0 Å². The van der Waals surface area contributed by atoms with Crippen LogP contribution in [0.5, 0.6) is 5.75 Å². The number of unbranched alkanes of at least 4 members (excludes halogenated alkanes) is 1. The molecule has 0 unspecified atom stereocenters. The van der Waals surface area contributed by atoms with Crippen molar-refractivity contribution in [1.82, 2.24) is 15.6 Å². The summed E-state index contributed by atoms with van der Waals surface area (Å²) in [5.41, 5.74) is 3.40. The first kappa shape index (κ1) is 20.2. The Morgan fingerprint density at radius 1 is 1.23 bits per heavy atom. The SMILES string of the molecule is CCNC(=NCc1ccc(C)cc1OC)NCCCCc1nc(C)cs1. The van der Waals surface area contributed by atoms with Gasteiger partial charge >= 0.3 is 0 Å². The van der Waals surface area contributed by atoms with Crippen LogP contribution in [0.25, 0.3) is 0 Å². The average Bonchev–Trinajstić information content (AvgIpc) is 3.05. The molecule has 0 bridgehead atoms. The third-order valence-corrected chi connectivity index (χ3v) is 5.00. The van der Waals surface area contributed by atoms with Gasteiger partial charge in [0.15, 0.2) is 5.96 Å². The first-order chi connectivity index (χ1) is 12.6. The van der Waals surface area contributed by atoms with Gasteiger partial charge < -0.3 is 15.4 Å². The van der Waals surface area contributed by atoms with Crippen molar-refractivity contribution in [1.29, 1.82) is 0 Å². The molecule has 0 aliphatic heterocycles. The largest absolute Gasteiger partial charge is 0.496 e. The van der Waals surface area contributed by atoms with Gasteiger partial charge in [0.1, 0.15) is 5.75 Å². The molecule has 2 rings (SSSR count). The summed E-state index contributed by atoms with van der Waals surface area (Å²) in [6.07, 6.45) is 3.27. The van der Waals surface area contributed by atoms with Gasteiger partial charge in [-0.3, -0.25) is 0 Å². The van der Waals surface area contributed by atoms with E-state index in [1.54, 1.807) is 18.4 Å². The molecule has 0 radical (unpaired) electrons. The summed E-state index contributed by atoms with van der Waals surface area (Å²) in [5.74, 6) is 1.74. The summed E-state index contributed by atoms with van der Waals surface area (Å²) in [5, 5.41) is 10.1. The van der Waals surface area contributed by atoms with E-state index in [0.717, 1.165) is 55.3 Å². The minimum absolute atomic E-state index is 0.594. The maximum Gasteiger partial charge on any atom is 0.191 e. The number of hydrogen-bond donors (Lipinski definition) is 2. The number of thiazole rings is 1. The molecule has 26 heavy (non-hydrogen) atoms. The second-order valence-corrected chi connectivity index (χ2v) is 7.22. The molecule has 2 N–H and O–H groups in total. The number of aliphatic imine (C=N–C) groups is 1. The van der Waals surface area contributed by atoms with Gasteiger partial charge in [0.25, 0.3) is 0 Å². The third kappa shape index (κ3) is 6.67. The number of rotatable bonds is 9. The van der Waals surface area contributed by atoms with Crippen LogP contribution in [0, 0.1) is 13.8 Å². The van der Waals surface area contributed by atoms with Gasteiger partial charge in [-0.05, 0) is 51.7 Å². The summed E-state index contributed by atoms with van der Waals surface area (Å²) in [6.45, 7) is 8.53. The van der Waals surface area contributed by atoms with Gasteiger partial charge in [-0.15, -0.1) is 11.3 Å². The predicted octanol–water partition coefficient (Wildman–Crippen LogP) is 3.85. The van der Waals surface area contributed by atoms with E-state index in [-0.39, 0.29) is 0 Å². The smallest absolute Gasteiger partial charge is 0.191 e. The molecule has 1 aromatic carbocycles. The zero-order valence-corrected chi connectivity index (χ0v) is 17.1. The highest BCUT2D eigenvalue weighted by Gasteiger charge is 2.04. The van der Waals surface area contributed by atoms with Crippen molar-refractivity contribution in [2.45, 2.75) is 46.6 Å². The number of aromatic nitrogens is 1. The van der Waals surface area contributed by atoms with Crippen LogP contribution in [0.1, 0.15) is 41.6 Å². The van der Waals surface area contributed by atoms with E-state index in [1.807, 2.05) is 13.0 Å². The molecule has 142 valence electrons. The first-order valence-electron chi connectivity index (χ1n) is 9.19. The lowest BCUT2D eigenvalue weighted by Crippen LogP contribution is -2.37. The highest BCUT2D eigenvalue weighted by Crippen LogP contribution is 2.20. The minimum Gasteiger partial charge on any atom is -0.496 e. The van der Waals surface area contributed by atoms with Crippen LogP contribution < -0.4 is 15.4 Å². The molecule has 5 nitrogen and oxygen atoms in total. The summed E-state index contributed by atoms with van der Waals surface area (Å²) in [7, 11) is 1.70. The quantitative estimate of drug-likeness (QED) is 0.398. The maximum absolute atomic E-state index is 5.46. The van der Waals surface area contributed by atoms with Crippen LogP contribution >= 0.6 is 11.3 Å². The number of guanidine groups is 1. The van der Waals surface area contributed by atoms with Gasteiger partial charge in [-0.25, -0.2) is 9.98 Å². The molecule has 0 atom stereocenters. The number of aryl methyl sites for hydroxylation is 3. The molecule has 0 aliphatic rings. The van der Waals surface area contributed by atoms with E-state index in [4.69, 9.17) is 4.74 Å². The lowest BCUT2D eigenvalue weighted by molar-refractivity contribution is 0.409. The van der Waals surface area contributed by atoms with Crippen molar-refractivity contribution in [2.75, 3.05) is 20.2 Å². The van der Waals surface area contributed by atoms with E-state index in [1.165, 1.54) is 10.6 Å². The zero-order chi connectivity index (χ0) is 18.8. The Hall–Kier alpha value is -2.08. The van der Waals surface area contributed by atoms with Gasteiger partial charge in [-0.1, -0.05) is 12.1 Å². The lowest BCUT2D eigenvalue weighted by Gasteiger charge is -2.12. The standard InChI is InChI=1S/C20H30N4OS/c1-5-21-20(22-11-7-6-8-19-24-16(3)14-26-19)23-13-17-10-9-15(2)12-18(17)25-4/h9-10,12,14H,5-8,11,13H2,1-4H3,(H2,21,22,23). The summed E-state index contributed by atoms with van der Waals surface area (Å²) < 4.78 is 5.46. The van der Waals surface area contributed by atoms with Crippen LogP contribution in [-0.2, 0) is 13.0 Å². The Morgan fingerprint density at radius 2 is 2.08 bits per heavy atom. The summed E-state index contributed by atoms with van der Waals surface area (Å²) in [6, 6.07) is 6.22. The molecular weight excluding hydrogens is 344 g/mol. The summed E-state index contributed by atoms with van der Waals surface area (Å²) in [4.78, 5) is 9.19. The molecule has 0 spiro atoms. The molecule has 0 amide bonds. The van der Waals surface area contributed by atoms with E-state index < -0.39 is 0 Å². The number of nitrogens with zero attached hydrogens (tertiary/aromatic N) is 2. The average molecular weight is 375 g/mol. The van der Waals surface area contributed by atoms with Crippen molar-refractivity contribution < 1.29 is 4.74 Å². The van der Waals surface area contributed by atoms with Crippen LogP contribution in [0.15, 0.2) is 28.6 Å². The number of ether oxygens (including phenoxy) is 1. The van der Waals surface area contributed by atoms with Crippen LogP contribution in [0.4, 0.5) is 0 Å². The molecular formula is C20H30N4OS. The molecule has 1 aromatic heterocycles. The fourth-order valence-electron chi connectivity index (χ4n) is 2.61. The molecule has 6 heteroatoms. The molecule has 0 saturated carbocycles. The second-order valence-electron chi connectivity index (χ2n) is 6.28. The zero-order valence-electron chi connectivity index (χ0n) is 16.3. The predicted molar refractivity (Wildman–Crippen MR) is 110 cm³/mol. The maximum atomic E-state index is 5.46. The molecule has 0 fully saturated rings. The van der Waals surface area contributed by atoms with Crippen LogP contribution in [-0.4, -0.2) is 31.1 Å². The topological polar surface area (TPSA) is 58.5 Å². The van der Waals surface area contributed by atoms with Gasteiger partial charge in [-0.2, -0.15) is 0 Å². The molecule has 0 aliphatic carbocycles. The minimum atomic E-state index is 0.594. The number of hydrogen-bond acceptors (Lipinski definition) is 4. The third-order valence-electron chi connectivity index (χ3n) is 3.97. The Labute approximate surface area is 160 Å². The highest BCUT2D eigenvalue weighted by atomic mass is 32.1. The Balaban J connectivity index is 1.80. The normalized spacial score (nSPS) is 11.5. The van der Waals surface area contributed by atoms with Crippen molar-refractivity contribution >= 4 is 17.3 Å². The lowest BCUT2D eigenvalue weighted by atomic mass is 10.1. The fourth-order valence-corrected chi connectivity index (χ4v) is 3.43. The first-order valence-corrected chi connectivity index (χ1v) is 10.1. The number of nitrogens with one attached hydrogen (secondary N) is 2. The van der Waals surface area contributed by atoms with Crippen LogP contribution in [0.3, 0.4) is 0 Å². The van der Waals surface area contributed by atoms with Crippen molar-refractivity contribution in [3.8, 4) is 5.75 Å².